The number of fused-ring (bicyclic) bond motifs is 1. The first kappa shape index (κ1) is 18.9. The van der Waals surface area contributed by atoms with Gasteiger partial charge in [0.25, 0.3) is 5.91 Å². The molecule has 28 heavy (non-hydrogen) atoms. The minimum Gasteiger partial charge on any atom is -0.372 e. The second-order valence-electron chi connectivity index (χ2n) is 7.46. The topological polar surface area (TPSA) is 42.4 Å². The van der Waals surface area contributed by atoms with Gasteiger partial charge in [0.1, 0.15) is 0 Å². The van der Waals surface area contributed by atoms with Crippen LogP contribution in [0, 0.1) is 6.92 Å². The molecule has 2 heterocycles. The largest absolute Gasteiger partial charge is 0.372 e. The van der Waals surface area contributed by atoms with Crippen LogP contribution in [0.5, 0.6) is 0 Å². The second-order valence-corrected chi connectivity index (χ2v) is 7.89. The van der Waals surface area contributed by atoms with Crippen molar-refractivity contribution in [3.8, 4) is 11.3 Å². The van der Waals surface area contributed by atoms with E-state index in [9.17, 15) is 4.79 Å². The van der Waals surface area contributed by atoms with E-state index in [1.807, 2.05) is 74.2 Å². The van der Waals surface area contributed by atoms with Crippen molar-refractivity contribution in [3.63, 3.8) is 0 Å². The standard InChI is InChI=1S/C23H23ClN2O2/c1-14-12-26(13-15(2)28-14)23(27)21-16(3)22(17-7-6-8-18(24)11-17)25-20-10-5-4-9-19(20)21/h4-11,14-15H,12-13H2,1-3H3/t14-,15-/m0/s1. The SMILES string of the molecule is Cc1c(-c2cccc(Cl)c2)nc2ccccc2c1C(=O)N1C[C@H](C)O[C@@H](C)C1. The predicted molar refractivity (Wildman–Crippen MR) is 113 cm³/mol. The summed E-state index contributed by atoms with van der Waals surface area (Å²) < 4.78 is 5.81. The fourth-order valence-corrected chi connectivity index (χ4v) is 4.19. The summed E-state index contributed by atoms with van der Waals surface area (Å²) in [6, 6.07) is 15.4. The molecule has 1 saturated heterocycles. The number of hydrogen-bond donors (Lipinski definition) is 0. The second kappa shape index (κ2) is 7.53. The van der Waals surface area contributed by atoms with E-state index in [1.54, 1.807) is 0 Å². The van der Waals surface area contributed by atoms with Crippen molar-refractivity contribution in [1.82, 2.24) is 9.88 Å². The van der Waals surface area contributed by atoms with Gasteiger partial charge in [-0.25, -0.2) is 4.98 Å². The van der Waals surface area contributed by atoms with Crippen LogP contribution in [-0.4, -0.2) is 41.1 Å². The number of nitrogens with zero attached hydrogens (tertiary/aromatic N) is 2. The molecule has 2 atom stereocenters. The number of carbonyl (C=O) groups is 1. The molecule has 144 valence electrons. The lowest BCUT2D eigenvalue weighted by molar-refractivity contribution is -0.0585. The molecular formula is C23H23ClN2O2. The van der Waals surface area contributed by atoms with Crippen molar-refractivity contribution in [3.05, 3.63) is 64.7 Å². The number of amides is 1. The number of hydrogen-bond acceptors (Lipinski definition) is 3. The molecule has 0 unspecified atom stereocenters. The van der Waals surface area contributed by atoms with E-state index in [1.165, 1.54) is 0 Å². The van der Waals surface area contributed by atoms with Crippen molar-refractivity contribution >= 4 is 28.4 Å². The minimum absolute atomic E-state index is 0.0218. The van der Waals surface area contributed by atoms with Gasteiger partial charge in [-0.2, -0.15) is 0 Å². The molecule has 1 aliphatic rings. The number of halogens is 1. The van der Waals surface area contributed by atoms with E-state index >= 15 is 0 Å². The molecule has 0 radical (unpaired) electrons. The van der Waals surface area contributed by atoms with E-state index in [0.717, 1.165) is 27.7 Å². The zero-order valence-electron chi connectivity index (χ0n) is 16.3. The molecule has 0 bridgehead atoms. The Hall–Kier alpha value is -2.43. The average molecular weight is 395 g/mol. The van der Waals surface area contributed by atoms with Gasteiger partial charge in [0.2, 0.25) is 0 Å². The Labute approximate surface area is 170 Å². The molecule has 0 spiro atoms. The van der Waals surface area contributed by atoms with Crippen molar-refractivity contribution < 1.29 is 9.53 Å². The fraction of sp³-hybridized carbons (Fsp3) is 0.304. The molecule has 0 N–H and O–H groups in total. The van der Waals surface area contributed by atoms with Crippen molar-refractivity contribution in [2.75, 3.05) is 13.1 Å². The summed E-state index contributed by atoms with van der Waals surface area (Å²) in [4.78, 5) is 20.3. The highest BCUT2D eigenvalue weighted by Gasteiger charge is 2.29. The zero-order valence-corrected chi connectivity index (χ0v) is 17.0. The molecule has 4 rings (SSSR count). The van der Waals surface area contributed by atoms with Crippen LogP contribution in [0.15, 0.2) is 48.5 Å². The zero-order chi connectivity index (χ0) is 19.8. The van der Waals surface area contributed by atoms with Gasteiger partial charge in [0.15, 0.2) is 0 Å². The highest BCUT2D eigenvalue weighted by atomic mass is 35.5. The maximum atomic E-state index is 13.6. The molecule has 4 nitrogen and oxygen atoms in total. The number of ether oxygens (including phenoxy) is 1. The summed E-state index contributed by atoms with van der Waals surface area (Å²) >= 11 is 6.20. The summed E-state index contributed by atoms with van der Waals surface area (Å²) in [5.74, 6) is 0.0291. The Morgan fingerprint density at radius 3 is 2.54 bits per heavy atom. The summed E-state index contributed by atoms with van der Waals surface area (Å²) in [6.45, 7) is 7.16. The van der Waals surface area contributed by atoms with Gasteiger partial charge in [0, 0.05) is 29.1 Å². The van der Waals surface area contributed by atoms with Crippen molar-refractivity contribution in [1.29, 1.82) is 0 Å². The number of morpholine rings is 1. The van der Waals surface area contributed by atoms with Gasteiger partial charge in [-0.1, -0.05) is 41.9 Å². The van der Waals surface area contributed by atoms with E-state index in [2.05, 4.69) is 0 Å². The molecule has 2 aromatic carbocycles. The van der Waals surface area contributed by atoms with Crippen LogP contribution in [-0.2, 0) is 4.74 Å². The Morgan fingerprint density at radius 2 is 1.82 bits per heavy atom. The highest BCUT2D eigenvalue weighted by Crippen LogP contribution is 2.32. The fourth-order valence-electron chi connectivity index (χ4n) is 4.00. The van der Waals surface area contributed by atoms with Crippen LogP contribution >= 0.6 is 11.6 Å². The predicted octanol–water partition coefficient (Wildman–Crippen LogP) is 5.11. The molecular weight excluding hydrogens is 372 g/mol. The third kappa shape index (κ3) is 3.50. The monoisotopic (exact) mass is 394 g/mol. The lowest BCUT2D eigenvalue weighted by Crippen LogP contribution is -2.48. The van der Waals surface area contributed by atoms with Gasteiger partial charge < -0.3 is 9.64 Å². The van der Waals surface area contributed by atoms with Gasteiger partial charge >= 0.3 is 0 Å². The third-order valence-corrected chi connectivity index (χ3v) is 5.39. The van der Waals surface area contributed by atoms with E-state index < -0.39 is 0 Å². The van der Waals surface area contributed by atoms with Gasteiger partial charge in [-0.05, 0) is 44.5 Å². The first-order chi connectivity index (χ1) is 13.4. The van der Waals surface area contributed by atoms with Crippen LogP contribution < -0.4 is 0 Å². The normalized spacial score (nSPS) is 19.8. The van der Waals surface area contributed by atoms with E-state index in [-0.39, 0.29) is 18.1 Å². The molecule has 0 aliphatic carbocycles. The Morgan fingerprint density at radius 1 is 1.11 bits per heavy atom. The number of carbonyl (C=O) groups excluding carboxylic acids is 1. The molecule has 5 heteroatoms. The molecule has 0 saturated carbocycles. The van der Waals surface area contributed by atoms with Gasteiger partial charge in [-0.3, -0.25) is 4.79 Å². The van der Waals surface area contributed by atoms with Crippen LogP contribution in [0.1, 0.15) is 29.8 Å². The first-order valence-corrected chi connectivity index (χ1v) is 9.92. The molecule has 1 fully saturated rings. The Balaban J connectivity index is 1.89. The van der Waals surface area contributed by atoms with Crippen LogP contribution in [0.2, 0.25) is 5.02 Å². The molecule has 1 aromatic heterocycles. The quantitative estimate of drug-likeness (QED) is 0.606. The number of pyridine rings is 1. The smallest absolute Gasteiger partial charge is 0.255 e. The van der Waals surface area contributed by atoms with Crippen LogP contribution in [0.3, 0.4) is 0 Å². The minimum atomic E-state index is 0.0218. The van der Waals surface area contributed by atoms with Crippen molar-refractivity contribution in [2.24, 2.45) is 0 Å². The van der Waals surface area contributed by atoms with Crippen molar-refractivity contribution in [2.45, 2.75) is 33.0 Å². The molecule has 1 aliphatic heterocycles. The van der Waals surface area contributed by atoms with E-state index in [0.29, 0.717) is 23.7 Å². The number of benzene rings is 2. The first-order valence-electron chi connectivity index (χ1n) is 9.54. The van der Waals surface area contributed by atoms with E-state index in [4.69, 9.17) is 21.3 Å². The molecule has 3 aromatic rings. The number of rotatable bonds is 2. The summed E-state index contributed by atoms with van der Waals surface area (Å²) in [6.07, 6.45) is 0.0435. The third-order valence-electron chi connectivity index (χ3n) is 5.15. The summed E-state index contributed by atoms with van der Waals surface area (Å²) in [7, 11) is 0. The Kier molecular flexibility index (Phi) is 5.09. The highest BCUT2D eigenvalue weighted by molar-refractivity contribution is 6.30. The van der Waals surface area contributed by atoms with Crippen LogP contribution in [0.25, 0.3) is 22.2 Å². The number of para-hydroxylation sites is 1. The van der Waals surface area contributed by atoms with Gasteiger partial charge in [-0.15, -0.1) is 0 Å². The maximum Gasteiger partial charge on any atom is 0.255 e. The lowest BCUT2D eigenvalue weighted by atomic mass is 9.96. The average Bonchev–Trinajstić information content (AvgIpc) is 2.66. The summed E-state index contributed by atoms with van der Waals surface area (Å²) in [5, 5.41) is 1.53. The summed E-state index contributed by atoms with van der Waals surface area (Å²) in [5.41, 5.74) is 4.09. The van der Waals surface area contributed by atoms with Gasteiger partial charge in [0.05, 0.1) is 29.0 Å². The number of aromatic nitrogens is 1. The lowest BCUT2D eigenvalue weighted by Gasteiger charge is -2.36. The maximum absolute atomic E-state index is 13.6. The van der Waals surface area contributed by atoms with Crippen LogP contribution in [0.4, 0.5) is 0 Å². The molecule has 1 amide bonds. The Bertz CT molecular complexity index is 1040.